The summed E-state index contributed by atoms with van der Waals surface area (Å²) in [4.78, 5) is 0. The molecule has 2 unspecified atom stereocenters. The molecular formula is C62H78O4S2Ti-2. The molecule has 4 nitrogen and oxygen atoms in total. The third kappa shape index (κ3) is 14.6. The number of benzene rings is 6. The van der Waals surface area contributed by atoms with Gasteiger partial charge in [0.1, 0.15) is 0 Å². The van der Waals surface area contributed by atoms with Gasteiger partial charge in [0.2, 0.25) is 0 Å². The maximum Gasteiger partial charge on any atom is -0.0866 e. The van der Waals surface area contributed by atoms with Crippen molar-refractivity contribution in [2.45, 2.75) is 154 Å². The summed E-state index contributed by atoms with van der Waals surface area (Å²) in [7, 11) is 0.410. The van der Waals surface area contributed by atoms with Crippen LogP contribution in [0.1, 0.15) is 147 Å². The number of phenolic OH excluding ortho intramolecular Hbond substituents is 2. The number of aryl methyl sites for hydroxylation is 6. The minimum atomic E-state index is -0.401. The normalized spacial score (nSPS) is 17.9. The fraction of sp³-hybridized carbons (Fsp3) is 0.387. The Bertz CT molecular complexity index is 2560. The second kappa shape index (κ2) is 23.7. The van der Waals surface area contributed by atoms with Crippen LogP contribution in [0.3, 0.4) is 0 Å². The molecule has 4 atom stereocenters. The van der Waals surface area contributed by atoms with E-state index in [-0.39, 0.29) is 26.8 Å². The summed E-state index contributed by atoms with van der Waals surface area (Å²) in [5.74, 6) is 5.26. The van der Waals surface area contributed by atoms with E-state index < -0.39 is 15.5 Å². The zero-order chi connectivity index (χ0) is 50.2. The molecule has 0 aromatic heterocycles. The predicted octanol–water partition coefficient (Wildman–Crippen LogP) is 18.1. The molecule has 1 fully saturated rings. The largest absolute Gasteiger partial charge is 0.199 e. The molecule has 2 N–H and O–H groups in total. The van der Waals surface area contributed by atoms with E-state index in [1.807, 2.05) is 60.7 Å². The molecule has 2 aliphatic rings. The van der Waals surface area contributed by atoms with Crippen LogP contribution < -0.4 is 9.47 Å². The molecule has 0 bridgehead atoms. The van der Waals surface area contributed by atoms with Crippen LogP contribution in [-0.4, -0.2) is 20.7 Å². The van der Waals surface area contributed by atoms with E-state index in [0.717, 1.165) is 67.5 Å². The summed E-state index contributed by atoms with van der Waals surface area (Å²) in [6.45, 7) is 33.6. The van der Waals surface area contributed by atoms with Gasteiger partial charge in [-0.25, -0.2) is 0 Å². The minimum absolute atomic E-state index is 0.0922. The van der Waals surface area contributed by atoms with E-state index in [9.17, 15) is 10.2 Å². The van der Waals surface area contributed by atoms with E-state index in [4.69, 9.17) is 9.47 Å². The number of aromatic hydroxyl groups is 2. The van der Waals surface area contributed by atoms with Gasteiger partial charge in [0.05, 0.1) is 0 Å². The zero-order valence-corrected chi connectivity index (χ0v) is 46.8. The molecule has 1 heterocycles. The van der Waals surface area contributed by atoms with E-state index in [0.29, 0.717) is 33.5 Å². The number of fused-ring (bicyclic) bond motifs is 1. The van der Waals surface area contributed by atoms with Crippen LogP contribution in [0.15, 0.2) is 109 Å². The van der Waals surface area contributed by atoms with Crippen LogP contribution in [0.2, 0.25) is 0 Å². The van der Waals surface area contributed by atoms with Crippen molar-refractivity contribution < 1.29 is 35.1 Å². The average Bonchev–Trinajstić information content (AvgIpc) is 3.56. The van der Waals surface area contributed by atoms with Gasteiger partial charge in [0, 0.05) is 0 Å². The van der Waals surface area contributed by atoms with Crippen LogP contribution >= 0.6 is 15.9 Å². The Kier molecular flexibility index (Phi) is 18.6. The monoisotopic (exact) mass is 998 g/mol. The first-order valence-electron chi connectivity index (χ1n) is 24.7. The van der Waals surface area contributed by atoms with Crippen molar-refractivity contribution in [3.8, 4) is 34.5 Å². The van der Waals surface area contributed by atoms with Crippen molar-refractivity contribution in [2.75, 3.05) is 0 Å². The van der Waals surface area contributed by atoms with Gasteiger partial charge in [-0.15, -0.1) is 24.3 Å². The smallest absolute Gasteiger partial charge is 0.0866 e. The predicted molar refractivity (Wildman–Crippen MR) is 295 cm³/mol. The van der Waals surface area contributed by atoms with E-state index in [2.05, 4.69) is 145 Å². The number of phenols is 2. The summed E-state index contributed by atoms with van der Waals surface area (Å²) in [6.07, 6.45) is 7.78. The Morgan fingerprint density at radius 3 is 1.13 bits per heavy atom. The number of ether oxygens (including phenoxy) is 2. The Morgan fingerprint density at radius 1 is 0.507 bits per heavy atom. The zero-order valence-electron chi connectivity index (χ0n) is 43.6. The van der Waals surface area contributed by atoms with Crippen LogP contribution in [0.4, 0.5) is 0 Å². The second-order valence-electron chi connectivity index (χ2n) is 21.4. The molecule has 1 aliphatic heterocycles. The van der Waals surface area contributed by atoms with Crippen molar-refractivity contribution in [1.29, 1.82) is 0 Å². The van der Waals surface area contributed by atoms with Gasteiger partial charge in [-0.2, -0.15) is 49.2 Å². The molecule has 1 saturated carbocycles. The average molecular weight is 999 g/mol. The van der Waals surface area contributed by atoms with Gasteiger partial charge >= 0.3 is 344 Å². The maximum atomic E-state index is 12.0. The first-order chi connectivity index (χ1) is 32.6. The molecule has 0 radical (unpaired) electrons. The number of hydrogen-bond acceptors (Lipinski definition) is 4. The molecule has 69 heavy (non-hydrogen) atoms. The standard InChI is InChI=1S/C48H64O4S2.2C7H7.Ti/c1-29-19-31(3)45(32(4)20-29)51-39-25-37(47(7,8)9)23-35(43(39)49)27-53-41-17-15-13-14-16-18-42(41)54-28-36-24-38(48(10,11)12)26-40(44(36)50)52-46-33(5)21-30(2)22-34(46)6;2*1-7-5-3-2-4-6-7;/h19-26,41-42,49-50H,13-18,27-28H2,1-12H3;2*2-6H,1H2;/q;2*-1;/t41-,42?;;;/m0.../s1. The second-order valence-corrected chi connectivity index (χ2v) is 32.8. The molecule has 6 aromatic rings. The van der Waals surface area contributed by atoms with Crippen LogP contribution in [0, 0.1) is 55.4 Å². The Labute approximate surface area is 426 Å². The number of rotatable bonds is 8. The Hall–Kier alpha value is -4.33. The summed E-state index contributed by atoms with van der Waals surface area (Å²) in [5, 5.41) is 25.4. The first kappa shape index (κ1) is 54.0. The number of hydrogen-bond donors (Lipinski definition) is 2. The molecule has 0 saturated heterocycles. The molecule has 0 spiro atoms. The van der Waals surface area contributed by atoms with Crippen molar-refractivity contribution in [2.24, 2.45) is 0 Å². The topological polar surface area (TPSA) is 58.9 Å². The molecule has 0 amide bonds. The van der Waals surface area contributed by atoms with Crippen molar-refractivity contribution in [3.63, 3.8) is 0 Å². The van der Waals surface area contributed by atoms with Crippen LogP contribution in [0.25, 0.3) is 0 Å². The van der Waals surface area contributed by atoms with Crippen LogP contribution in [-0.2, 0) is 37.8 Å². The van der Waals surface area contributed by atoms with Gasteiger partial charge in [-0.1, -0.05) is 12.1 Å². The van der Waals surface area contributed by atoms with E-state index >= 15 is 0 Å². The minimum Gasteiger partial charge on any atom is -0.199 e. The quantitative estimate of drug-likeness (QED) is 0.118. The van der Waals surface area contributed by atoms with E-state index in [1.165, 1.54) is 60.8 Å². The summed E-state index contributed by atoms with van der Waals surface area (Å²) >= 11 is -0.401. The molecule has 7 heteroatoms. The van der Waals surface area contributed by atoms with Crippen molar-refractivity contribution in [1.82, 2.24) is 0 Å². The summed E-state index contributed by atoms with van der Waals surface area (Å²) < 4.78 is 13.3. The van der Waals surface area contributed by atoms with Gasteiger partial charge in [-0.3, -0.25) is 0 Å². The third-order valence-corrected chi connectivity index (χ3v) is 29.0. The molecular weight excluding hydrogens is 921 g/mol. The fourth-order valence-corrected chi connectivity index (χ4v) is 30.2. The first-order valence-corrected chi connectivity index (χ1v) is 31.5. The molecule has 368 valence electrons. The van der Waals surface area contributed by atoms with Crippen molar-refractivity contribution in [3.05, 3.63) is 190 Å². The summed E-state index contributed by atoms with van der Waals surface area (Å²) in [6, 6.07) is 37.1. The Morgan fingerprint density at radius 2 is 0.841 bits per heavy atom. The maximum absolute atomic E-state index is 12.0. The van der Waals surface area contributed by atoms with Crippen LogP contribution in [0.5, 0.6) is 34.5 Å². The third-order valence-electron chi connectivity index (χ3n) is 13.1. The van der Waals surface area contributed by atoms with Gasteiger partial charge in [0.15, 0.2) is 0 Å². The molecule has 1 aliphatic carbocycles. The van der Waals surface area contributed by atoms with Gasteiger partial charge in [0.25, 0.3) is 0 Å². The van der Waals surface area contributed by atoms with Crippen molar-refractivity contribution >= 4 is 15.9 Å². The van der Waals surface area contributed by atoms with E-state index in [1.54, 1.807) is 0 Å². The molecule has 8 rings (SSSR count). The Balaban J connectivity index is 0.000000477. The van der Waals surface area contributed by atoms with Gasteiger partial charge < -0.3 is 0 Å². The summed E-state index contributed by atoms with van der Waals surface area (Å²) in [5.41, 5.74) is 13.2. The SMILES string of the molecule is Cc1cc(C)c(Oc2cc(C(C)(C)C)cc(C[S]3=[Ti]=[S@@](Cc4cc(C(C)(C)C)cc(Oc5c(C)cc(C)cc5C)c4O)C4CCCCCC[C@@H]43)c2O)c(C)c1.[CH2-]c1ccccc1.[CH2-]c1ccccc1. The fourth-order valence-electron chi connectivity index (χ4n) is 9.34. The van der Waals surface area contributed by atoms with Gasteiger partial charge in [-0.05, 0) is 0 Å². The molecule has 6 aromatic carbocycles.